The SMILES string of the molecule is CCC(C)(O)CC(N)C1(c2ccccc2)CCC1. The van der Waals surface area contributed by atoms with Crippen LogP contribution in [0.5, 0.6) is 0 Å². The van der Waals surface area contributed by atoms with Gasteiger partial charge in [-0.25, -0.2) is 0 Å². The molecule has 0 radical (unpaired) electrons. The number of hydrogen-bond acceptors (Lipinski definition) is 2. The summed E-state index contributed by atoms with van der Waals surface area (Å²) in [5, 5.41) is 10.2. The molecule has 1 saturated carbocycles. The maximum atomic E-state index is 10.2. The van der Waals surface area contributed by atoms with Gasteiger partial charge in [-0.15, -0.1) is 0 Å². The highest BCUT2D eigenvalue weighted by atomic mass is 16.3. The Labute approximate surface area is 110 Å². The lowest BCUT2D eigenvalue weighted by molar-refractivity contribution is 0.0214. The van der Waals surface area contributed by atoms with Gasteiger partial charge >= 0.3 is 0 Å². The Balaban J connectivity index is 2.18. The van der Waals surface area contributed by atoms with Crippen molar-refractivity contribution >= 4 is 0 Å². The van der Waals surface area contributed by atoms with E-state index in [1.54, 1.807) is 0 Å². The molecule has 0 amide bonds. The lowest BCUT2D eigenvalue weighted by Gasteiger charge is -2.48. The van der Waals surface area contributed by atoms with Gasteiger partial charge in [0.1, 0.15) is 0 Å². The molecule has 1 aromatic rings. The Kier molecular flexibility index (Phi) is 3.79. The summed E-state index contributed by atoms with van der Waals surface area (Å²) in [7, 11) is 0. The number of rotatable bonds is 5. The van der Waals surface area contributed by atoms with Gasteiger partial charge in [-0.05, 0) is 38.2 Å². The molecule has 18 heavy (non-hydrogen) atoms. The van der Waals surface area contributed by atoms with Crippen molar-refractivity contribution in [3.05, 3.63) is 35.9 Å². The molecule has 3 N–H and O–H groups in total. The first kappa shape index (κ1) is 13.6. The Morgan fingerprint density at radius 1 is 1.33 bits per heavy atom. The van der Waals surface area contributed by atoms with Crippen molar-refractivity contribution in [2.45, 2.75) is 63.0 Å². The minimum Gasteiger partial charge on any atom is -0.390 e. The third-order valence-corrected chi connectivity index (χ3v) is 4.73. The van der Waals surface area contributed by atoms with Crippen LogP contribution in [-0.4, -0.2) is 16.7 Å². The van der Waals surface area contributed by atoms with Crippen LogP contribution >= 0.6 is 0 Å². The predicted octanol–water partition coefficient (Wildman–Crippen LogP) is 2.99. The third kappa shape index (κ3) is 2.45. The zero-order valence-corrected chi connectivity index (χ0v) is 11.5. The quantitative estimate of drug-likeness (QED) is 0.840. The standard InChI is InChI=1S/C16H25NO/c1-3-15(2,18)12-14(17)16(10-7-11-16)13-8-5-4-6-9-13/h4-6,8-9,14,18H,3,7,10-12,17H2,1-2H3. The van der Waals surface area contributed by atoms with Gasteiger partial charge < -0.3 is 10.8 Å². The van der Waals surface area contributed by atoms with Gasteiger partial charge in [-0.3, -0.25) is 0 Å². The second-order valence-electron chi connectivity index (χ2n) is 6.04. The highest BCUT2D eigenvalue weighted by Crippen LogP contribution is 2.47. The fourth-order valence-electron chi connectivity index (χ4n) is 3.01. The zero-order chi connectivity index (χ0) is 13.2. The van der Waals surface area contributed by atoms with E-state index in [0.29, 0.717) is 6.42 Å². The average molecular weight is 247 g/mol. The van der Waals surface area contributed by atoms with E-state index >= 15 is 0 Å². The maximum absolute atomic E-state index is 10.2. The van der Waals surface area contributed by atoms with Crippen molar-refractivity contribution in [2.75, 3.05) is 0 Å². The van der Waals surface area contributed by atoms with Crippen LogP contribution in [0.2, 0.25) is 0 Å². The molecule has 2 unspecified atom stereocenters. The van der Waals surface area contributed by atoms with Gasteiger partial charge in [0.25, 0.3) is 0 Å². The monoisotopic (exact) mass is 247 g/mol. The second-order valence-corrected chi connectivity index (χ2v) is 6.04. The van der Waals surface area contributed by atoms with E-state index in [2.05, 4.69) is 24.3 Å². The summed E-state index contributed by atoms with van der Waals surface area (Å²) in [6, 6.07) is 10.6. The van der Waals surface area contributed by atoms with Gasteiger partial charge in [0.2, 0.25) is 0 Å². The minimum absolute atomic E-state index is 0.0450. The summed E-state index contributed by atoms with van der Waals surface area (Å²) in [5.74, 6) is 0. The molecule has 0 bridgehead atoms. The zero-order valence-electron chi connectivity index (χ0n) is 11.5. The number of nitrogens with two attached hydrogens (primary N) is 1. The van der Waals surface area contributed by atoms with Crippen LogP contribution in [0.1, 0.15) is 51.5 Å². The molecular formula is C16H25NO. The Morgan fingerprint density at radius 3 is 2.39 bits per heavy atom. The first-order valence-corrected chi connectivity index (χ1v) is 7.04. The molecule has 0 saturated heterocycles. The molecular weight excluding hydrogens is 222 g/mol. The molecule has 2 atom stereocenters. The molecule has 1 aliphatic rings. The number of hydrogen-bond donors (Lipinski definition) is 2. The fraction of sp³-hybridized carbons (Fsp3) is 0.625. The third-order valence-electron chi connectivity index (χ3n) is 4.73. The van der Waals surface area contributed by atoms with Crippen LogP contribution in [-0.2, 0) is 5.41 Å². The Morgan fingerprint density at radius 2 is 1.94 bits per heavy atom. The van der Waals surface area contributed by atoms with Gasteiger partial charge in [0, 0.05) is 11.5 Å². The molecule has 100 valence electrons. The first-order chi connectivity index (χ1) is 8.50. The summed E-state index contributed by atoms with van der Waals surface area (Å²) in [4.78, 5) is 0. The van der Waals surface area contributed by atoms with Crippen molar-refractivity contribution in [2.24, 2.45) is 5.73 Å². The largest absolute Gasteiger partial charge is 0.390 e. The smallest absolute Gasteiger partial charge is 0.0632 e. The molecule has 0 heterocycles. The molecule has 1 aliphatic carbocycles. The van der Waals surface area contributed by atoms with E-state index in [4.69, 9.17) is 5.73 Å². The molecule has 1 fully saturated rings. The van der Waals surface area contributed by atoms with Crippen LogP contribution in [0.4, 0.5) is 0 Å². The lowest BCUT2D eigenvalue weighted by Crippen LogP contribution is -2.53. The summed E-state index contributed by atoms with van der Waals surface area (Å²) in [6.07, 6.45) is 4.98. The lowest BCUT2D eigenvalue weighted by atomic mass is 9.58. The van der Waals surface area contributed by atoms with E-state index in [0.717, 1.165) is 19.3 Å². The first-order valence-electron chi connectivity index (χ1n) is 7.04. The van der Waals surface area contributed by atoms with Gasteiger partial charge in [0.15, 0.2) is 0 Å². The summed E-state index contributed by atoms with van der Waals surface area (Å²) in [5.41, 5.74) is 7.25. The van der Waals surface area contributed by atoms with Gasteiger partial charge in [0.05, 0.1) is 5.60 Å². The van der Waals surface area contributed by atoms with Crippen LogP contribution < -0.4 is 5.73 Å². The van der Waals surface area contributed by atoms with Crippen LogP contribution in [0.25, 0.3) is 0 Å². The van der Waals surface area contributed by atoms with Crippen LogP contribution in [0, 0.1) is 0 Å². The topological polar surface area (TPSA) is 46.2 Å². The van der Waals surface area contributed by atoms with Crippen LogP contribution in [0.3, 0.4) is 0 Å². The van der Waals surface area contributed by atoms with E-state index in [-0.39, 0.29) is 11.5 Å². The van der Waals surface area contributed by atoms with Crippen molar-refractivity contribution in [3.63, 3.8) is 0 Å². The molecule has 0 aliphatic heterocycles. The van der Waals surface area contributed by atoms with E-state index < -0.39 is 5.60 Å². The number of aliphatic hydroxyl groups is 1. The molecule has 0 spiro atoms. The predicted molar refractivity (Wildman–Crippen MR) is 75.5 cm³/mol. The van der Waals surface area contributed by atoms with Crippen molar-refractivity contribution in [1.29, 1.82) is 0 Å². The molecule has 2 nitrogen and oxygen atoms in total. The normalized spacial score (nSPS) is 22.9. The molecule has 0 aromatic heterocycles. The molecule has 1 aromatic carbocycles. The fourth-order valence-corrected chi connectivity index (χ4v) is 3.01. The second kappa shape index (κ2) is 5.02. The van der Waals surface area contributed by atoms with Crippen molar-refractivity contribution in [3.8, 4) is 0 Å². The minimum atomic E-state index is -0.642. The van der Waals surface area contributed by atoms with Gasteiger partial charge in [-0.2, -0.15) is 0 Å². The van der Waals surface area contributed by atoms with Crippen LogP contribution in [0.15, 0.2) is 30.3 Å². The van der Waals surface area contributed by atoms with E-state index in [9.17, 15) is 5.11 Å². The van der Waals surface area contributed by atoms with Gasteiger partial charge in [-0.1, -0.05) is 43.7 Å². The average Bonchev–Trinajstić information content (AvgIpc) is 2.28. The van der Waals surface area contributed by atoms with E-state index in [1.165, 1.54) is 12.0 Å². The molecule has 2 rings (SSSR count). The van der Waals surface area contributed by atoms with Crippen molar-refractivity contribution in [1.82, 2.24) is 0 Å². The van der Waals surface area contributed by atoms with E-state index in [1.807, 2.05) is 19.9 Å². The summed E-state index contributed by atoms with van der Waals surface area (Å²) in [6.45, 7) is 3.91. The summed E-state index contributed by atoms with van der Waals surface area (Å²) < 4.78 is 0. The Bertz CT molecular complexity index is 381. The summed E-state index contributed by atoms with van der Waals surface area (Å²) >= 11 is 0. The van der Waals surface area contributed by atoms with Crippen molar-refractivity contribution < 1.29 is 5.11 Å². The Hall–Kier alpha value is -0.860. The molecule has 2 heteroatoms. The highest BCUT2D eigenvalue weighted by Gasteiger charge is 2.45. The number of benzene rings is 1. The highest BCUT2D eigenvalue weighted by molar-refractivity contribution is 5.30. The maximum Gasteiger partial charge on any atom is 0.0632 e.